The molecule has 2 aromatic rings. The van der Waals surface area contributed by atoms with Gasteiger partial charge in [-0.15, -0.1) is 0 Å². The average Bonchev–Trinajstić information content (AvgIpc) is 2.71. The van der Waals surface area contributed by atoms with Gasteiger partial charge in [0.1, 0.15) is 12.4 Å². The van der Waals surface area contributed by atoms with Gasteiger partial charge in [-0.3, -0.25) is 19.2 Å². The van der Waals surface area contributed by atoms with Crippen LogP contribution < -0.4 is 14.4 Å². The highest BCUT2D eigenvalue weighted by Gasteiger charge is 2.22. The summed E-state index contributed by atoms with van der Waals surface area (Å²) in [6.45, 7) is 4.12. The number of sulfonamides is 1. The molecule has 0 fully saturated rings. The summed E-state index contributed by atoms with van der Waals surface area (Å²) in [5, 5.41) is 14.4. The number of nitro groups is 1. The van der Waals surface area contributed by atoms with Crippen LogP contribution in [0.25, 0.3) is 0 Å². The monoisotopic (exact) mass is 483 g/mol. The summed E-state index contributed by atoms with van der Waals surface area (Å²) < 4.78 is 31.2. The zero-order chi connectivity index (χ0) is 23.9. The number of nitro benzene ring substituents is 1. The van der Waals surface area contributed by atoms with Gasteiger partial charge in [0, 0.05) is 30.1 Å². The second kappa shape index (κ2) is 11.1. The molecule has 0 atom stereocenters. The highest BCUT2D eigenvalue weighted by molar-refractivity contribution is 7.92. The largest absolute Gasteiger partial charge is 0.492 e. The molecular formula is C21H26ClN3O6S. The number of amides is 1. The van der Waals surface area contributed by atoms with Gasteiger partial charge >= 0.3 is 0 Å². The number of nitrogens with zero attached hydrogens (tertiary/aromatic N) is 2. The molecule has 0 heterocycles. The van der Waals surface area contributed by atoms with E-state index in [1.807, 2.05) is 13.0 Å². The molecule has 1 N–H and O–H groups in total. The molecule has 0 bridgehead atoms. The van der Waals surface area contributed by atoms with Crippen LogP contribution in [0.15, 0.2) is 36.4 Å². The maximum absolute atomic E-state index is 12.3. The first-order valence-corrected chi connectivity index (χ1v) is 12.1. The van der Waals surface area contributed by atoms with Crippen LogP contribution in [0.4, 0.5) is 11.4 Å². The minimum Gasteiger partial charge on any atom is -0.492 e. The Labute approximate surface area is 192 Å². The predicted octanol–water partition coefficient (Wildman–Crippen LogP) is 3.61. The second-order valence-electron chi connectivity index (χ2n) is 7.28. The predicted molar refractivity (Wildman–Crippen MR) is 124 cm³/mol. The number of rotatable bonds is 11. The Bertz CT molecular complexity index is 1090. The van der Waals surface area contributed by atoms with Crippen molar-refractivity contribution < 1.29 is 22.9 Å². The number of halogens is 1. The summed E-state index contributed by atoms with van der Waals surface area (Å²) in [7, 11) is -3.69. The van der Waals surface area contributed by atoms with Crippen molar-refractivity contribution in [3.05, 3.63) is 62.7 Å². The van der Waals surface area contributed by atoms with Crippen molar-refractivity contribution in [2.24, 2.45) is 0 Å². The Hall–Kier alpha value is -2.85. The van der Waals surface area contributed by atoms with Crippen LogP contribution >= 0.6 is 11.6 Å². The van der Waals surface area contributed by atoms with E-state index in [1.165, 1.54) is 18.2 Å². The fourth-order valence-electron chi connectivity index (χ4n) is 2.94. The van der Waals surface area contributed by atoms with Crippen molar-refractivity contribution in [1.82, 2.24) is 5.32 Å². The van der Waals surface area contributed by atoms with E-state index in [9.17, 15) is 23.3 Å². The molecule has 0 aliphatic carbocycles. The molecule has 9 nitrogen and oxygen atoms in total. The number of anilines is 1. The molecule has 0 unspecified atom stereocenters. The molecule has 0 aromatic heterocycles. The van der Waals surface area contributed by atoms with Gasteiger partial charge < -0.3 is 10.1 Å². The van der Waals surface area contributed by atoms with Crippen LogP contribution in [-0.4, -0.2) is 45.2 Å². The number of carbonyl (C=O) groups is 1. The minimum absolute atomic E-state index is 0.0205. The molecule has 0 spiro atoms. The standard InChI is InChI=1S/C21H26ClN3O6S/c1-15-7-9-18(14-19(15)22)31-12-10-23-21(26)5-4-11-24(32(3,29)30)20-13-17(25(27)28)8-6-16(20)2/h6-9,13-14H,4-5,10-12H2,1-3H3,(H,23,26). The molecule has 0 aliphatic rings. The summed E-state index contributed by atoms with van der Waals surface area (Å²) in [5.74, 6) is 0.353. The molecule has 0 aliphatic heterocycles. The number of non-ortho nitro benzene ring substituents is 1. The Balaban J connectivity index is 1.86. The molecule has 32 heavy (non-hydrogen) atoms. The van der Waals surface area contributed by atoms with E-state index in [2.05, 4.69) is 5.32 Å². The summed E-state index contributed by atoms with van der Waals surface area (Å²) in [5.41, 5.74) is 1.55. The fourth-order valence-corrected chi connectivity index (χ4v) is 4.12. The molecule has 1 amide bonds. The Morgan fingerprint density at radius 1 is 1.19 bits per heavy atom. The van der Waals surface area contributed by atoms with Crippen LogP contribution in [0.3, 0.4) is 0 Å². The van der Waals surface area contributed by atoms with Crippen molar-refractivity contribution in [2.75, 3.05) is 30.3 Å². The molecular weight excluding hydrogens is 458 g/mol. The van der Waals surface area contributed by atoms with Gasteiger partial charge in [-0.25, -0.2) is 8.42 Å². The summed E-state index contributed by atoms with van der Waals surface area (Å²) in [4.78, 5) is 22.6. The Morgan fingerprint density at radius 3 is 2.50 bits per heavy atom. The lowest BCUT2D eigenvalue weighted by Crippen LogP contribution is -2.33. The molecule has 0 saturated heterocycles. The molecule has 0 radical (unpaired) electrons. The van der Waals surface area contributed by atoms with E-state index in [0.717, 1.165) is 16.1 Å². The highest BCUT2D eigenvalue weighted by Crippen LogP contribution is 2.27. The van der Waals surface area contributed by atoms with Crippen LogP contribution in [0.1, 0.15) is 24.0 Å². The van der Waals surface area contributed by atoms with Gasteiger partial charge in [-0.1, -0.05) is 23.7 Å². The van der Waals surface area contributed by atoms with Crippen molar-refractivity contribution in [3.63, 3.8) is 0 Å². The third-order valence-corrected chi connectivity index (χ3v) is 6.26. The SMILES string of the molecule is Cc1ccc(OCCNC(=O)CCCN(c2cc([N+](=O)[O-])ccc2C)S(C)(=O)=O)cc1Cl. The lowest BCUT2D eigenvalue weighted by Gasteiger charge is -2.24. The topological polar surface area (TPSA) is 119 Å². The Kier molecular flexibility index (Phi) is 8.85. The van der Waals surface area contributed by atoms with Gasteiger partial charge in [0.15, 0.2) is 0 Å². The zero-order valence-corrected chi connectivity index (χ0v) is 19.7. The normalized spacial score (nSPS) is 11.1. The van der Waals surface area contributed by atoms with E-state index < -0.39 is 14.9 Å². The van der Waals surface area contributed by atoms with Crippen LogP contribution in [-0.2, 0) is 14.8 Å². The van der Waals surface area contributed by atoms with Gasteiger partial charge in [-0.2, -0.15) is 0 Å². The molecule has 174 valence electrons. The highest BCUT2D eigenvalue weighted by atomic mass is 35.5. The quantitative estimate of drug-likeness (QED) is 0.296. The van der Waals surface area contributed by atoms with Gasteiger partial charge in [0.05, 0.1) is 23.4 Å². The lowest BCUT2D eigenvalue weighted by molar-refractivity contribution is -0.384. The summed E-state index contributed by atoms with van der Waals surface area (Å²) in [6, 6.07) is 9.38. The summed E-state index contributed by atoms with van der Waals surface area (Å²) >= 11 is 6.04. The number of hydrogen-bond acceptors (Lipinski definition) is 6. The Morgan fingerprint density at radius 2 is 1.88 bits per heavy atom. The maximum Gasteiger partial charge on any atom is 0.271 e. The number of aryl methyl sites for hydroxylation is 2. The first-order valence-electron chi connectivity index (χ1n) is 9.87. The van der Waals surface area contributed by atoms with Crippen LogP contribution in [0.5, 0.6) is 5.75 Å². The second-order valence-corrected chi connectivity index (χ2v) is 9.59. The average molecular weight is 484 g/mol. The van der Waals surface area contributed by atoms with Crippen molar-refractivity contribution >= 4 is 38.9 Å². The van der Waals surface area contributed by atoms with E-state index >= 15 is 0 Å². The van der Waals surface area contributed by atoms with Crippen molar-refractivity contribution in [2.45, 2.75) is 26.7 Å². The van der Waals surface area contributed by atoms with Gasteiger partial charge in [-0.05, 0) is 43.5 Å². The van der Waals surface area contributed by atoms with E-state index in [1.54, 1.807) is 19.1 Å². The molecule has 2 rings (SSSR count). The molecule has 0 saturated carbocycles. The molecule has 11 heteroatoms. The molecule has 2 aromatic carbocycles. The van der Waals surface area contributed by atoms with E-state index in [0.29, 0.717) is 16.3 Å². The van der Waals surface area contributed by atoms with E-state index in [-0.39, 0.29) is 49.8 Å². The first kappa shape index (κ1) is 25.4. The summed E-state index contributed by atoms with van der Waals surface area (Å²) in [6.07, 6.45) is 1.37. The fraction of sp³-hybridized carbons (Fsp3) is 0.381. The number of benzene rings is 2. The van der Waals surface area contributed by atoms with E-state index in [4.69, 9.17) is 16.3 Å². The maximum atomic E-state index is 12.3. The third-order valence-electron chi connectivity index (χ3n) is 4.67. The first-order chi connectivity index (χ1) is 15.0. The smallest absolute Gasteiger partial charge is 0.271 e. The number of carbonyl (C=O) groups excluding carboxylic acids is 1. The number of hydrogen-bond donors (Lipinski definition) is 1. The van der Waals surface area contributed by atoms with Crippen LogP contribution in [0.2, 0.25) is 5.02 Å². The number of ether oxygens (including phenoxy) is 1. The minimum atomic E-state index is -3.69. The lowest BCUT2D eigenvalue weighted by atomic mass is 10.1. The van der Waals surface area contributed by atoms with Crippen molar-refractivity contribution in [3.8, 4) is 5.75 Å². The van der Waals surface area contributed by atoms with Crippen LogP contribution in [0, 0.1) is 24.0 Å². The zero-order valence-electron chi connectivity index (χ0n) is 18.1. The number of nitrogens with one attached hydrogen (secondary N) is 1. The van der Waals surface area contributed by atoms with Gasteiger partial charge in [0.25, 0.3) is 5.69 Å². The van der Waals surface area contributed by atoms with Crippen molar-refractivity contribution in [1.29, 1.82) is 0 Å². The van der Waals surface area contributed by atoms with Gasteiger partial charge in [0.2, 0.25) is 15.9 Å². The third kappa shape index (κ3) is 7.38.